The lowest BCUT2D eigenvalue weighted by atomic mass is 10.3. The molecule has 0 aliphatic carbocycles. The van der Waals surface area contributed by atoms with E-state index in [9.17, 15) is 17.6 Å². The number of nitrogens with zero attached hydrogens (tertiary/aromatic N) is 2. The van der Waals surface area contributed by atoms with Gasteiger partial charge in [0.2, 0.25) is 10.0 Å². The van der Waals surface area contributed by atoms with Crippen molar-refractivity contribution in [2.24, 2.45) is 0 Å². The number of benzene rings is 1. The van der Waals surface area contributed by atoms with Crippen LogP contribution in [-0.2, 0) is 10.0 Å². The lowest BCUT2D eigenvalue weighted by molar-refractivity contribution is 0.0948. The smallest absolute Gasteiger partial charge is 0.271 e. The molecule has 2 N–H and O–H groups in total. The average molecular weight is 340 g/mol. The van der Waals surface area contributed by atoms with E-state index in [1.807, 2.05) is 0 Å². The van der Waals surface area contributed by atoms with Crippen molar-refractivity contribution in [1.82, 2.24) is 19.8 Å². The summed E-state index contributed by atoms with van der Waals surface area (Å²) in [6.07, 6.45) is 3.15. The topological polar surface area (TPSA) is 93.1 Å². The Morgan fingerprint density at radius 3 is 2.57 bits per heavy atom. The Bertz CT molecular complexity index is 772. The molecule has 0 fully saturated rings. The van der Waals surface area contributed by atoms with E-state index < -0.39 is 10.0 Å². The van der Waals surface area contributed by atoms with Crippen molar-refractivity contribution < 1.29 is 17.6 Å². The first-order valence-electron chi connectivity index (χ1n) is 6.89. The maximum atomic E-state index is 12.9. The molecule has 1 amide bonds. The highest BCUT2D eigenvalue weighted by Gasteiger charge is 2.09. The second-order valence-electron chi connectivity index (χ2n) is 4.90. The van der Waals surface area contributed by atoms with Crippen LogP contribution in [0.4, 0.5) is 4.39 Å². The summed E-state index contributed by atoms with van der Waals surface area (Å²) in [5.41, 5.74) is 0.869. The Labute approximate surface area is 133 Å². The van der Waals surface area contributed by atoms with E-state index in [4.69, 9.17) is 0 Å². The molecule has 0 bridgehead atoms. The van der Waals surface area contributed by atoms with Gasteiger partial charge in [0.05, 0.1) is 11.9 Å². The monoisotopic (exact) mass is 340 g/mol. The zero-order valence-corrected chi connectivity index (χ0v) is 13.3. The molecule has 2 rings (SSSR count). The standard InChI is InChI=1S/C14H17FN4O3S/c1-23(21,22)17-9-2-8-16-14(20)13-7-10-19(18-13)12-5-3-11(15)4-6-12/h3-7,10,17H,2,8-9H2,1H3,(H,16,20). The zero-order chi connectivity index (χ0) is 16.9. The van der Waals surface area contributed by atoms with E-state index in [2.05, 4.69) is 15.1 Å². The number of halogens is 1. The van der Waals surface area contributed by atoms with Gasteiger partial charge >= 0.3 is 0 Å². The van der Waals surface area contributed by atoms with Gasteiger partial charge in [0.25, 0.3) is 5.91 Å². The van der Waals surface area contributed by atoms with Crippen LogP contribution in [0.25, 0.3) is 5.69 Å². The maximum absolute atomic E-state index is 12.9. The van der Waals surface area contributed by atoms with Crippen molar-refractivity contribution in [2.75, 3.05) is 19.3 Å². The second kappa shape index (κ2) is 7.34. The van der Waals surface area contributed by atoms with Crippen LogP contribution in [0.15, 0.2) is 36.5 Å². The van der Waals surface area contributed by atoms with Crippen molar-refractivity contribution >= 4 is 15.9 Å². The lowest BCUT2D eigenvalue weighted by Crippen LogP contribution is -2.29. The summed E-state index contributed by atoms with van der Waals surface area (Å²) in [5.74, 6) is -0.702. The van der Waals surface area contributed by atoms with Gasteiger partial charge in [-0.3, -0.25) is 4.79 Å². The number of sulfonamides is 1. The molecule has 0 unspecified atom stereocenters. The van der Waals surface area contributed by atoms with Gasteiger partial charge in [0, 0.05) is 19.3 Å². The number of hydrogen-bond acceptors (Lipinski definition) is 4. The van der Waals surface area contributed by atoms with Crippen LogP contribution in [-0.4, -0.2) is 43.5 Å². The third kappa shape index (κ3) is 5.46. The quantitative estimate of drug-likeness (QED) is 0.725. The molecule has 0 atom stereocenters. The fraction of sp³-hybridized carbons (Fsp3) is 0.286. The Kier molecular flexibility index (Phi) is 5.45. The Morgan fingerprint density at radius 1 is 1.22 bits per heavy atom. The molecule has 7 nitrogen and oxygen atoms in total. The van der Waals surface area contributed by atoms with Crippen molar-refractivity contribution in [1.29, 1.82) is 0 Å². The van der Waals surface area contributed by atoms with Gasteiger partial charge in [0.1, 0.15) is 5.82 Å². The van der Waals surface area contributed by atoms with Gasteiger partial charge in [-0.2, -0.15) is 5.10 Å². The number of carbonyl (C=O) groups excluding carboxylic acids is 1. The van der Waals surface area contributed by atoms with E-state index in [-0.39, 0.29) is 24.0 Å². The summed E-state index contributed by atoms with van der Waals surface area (Å²) < 4.78 is 38.4. The molecular weight excluding hydrogens is 323 g/mol. The van der Waals surface area contributed by atoms with Gasteiger partial charge in [-0.05, 0) is 36.8 Å². The molecule has 0 aliphatic heterocycles. The van der Waals surface area contributed by atoms with E-state index in [1.54, 1.807) is 24.4 Å². The van der Waals surface area contributed by atoms with Crippen molar-refractivity contribution in [3.8, 4) is 5.69 Å². The number of carbonyl (C=O) groups is 1. The molecule has 2 aromatic rings. The minimum Gasteiger partial charge on any atom is -0.351 e. The Morgan fingerprint density at radius 2 is 1.91 bits per heavy atom. The van der Waals surface area contributed by atoms with Crippen LogP contribution in [0.2, 0.25) is 0 Å². The number of hydrogen-bond donors (Lipinski definition) is 2. The molecule has 124 valence electrons. The highest BCUT2D eigenvalue weighted by molar-refractivity contribution is 7.88. The van der Waals surface area contributed by atoms with Gasteiger partial charge in [-0.1, -0.05) is 0 Å². The molecule has 0 aliphatic rings. The molecule has 9 heteroatoms. The second-order valence-corrected chi connectivity index (χ2v) is 6.73. The van der Waals surface area contributed by atoms with Crippen LogP contribution in [0.5, 0.6) is 0 Å². The average Bonchev–Trinajstić information content (AvgIpc) is 2.96. The number of rotatable bonds is 7. The van der Waals surface area contributed by atoms with E-state index in [0.717, 1.165) is 6.26 Å². The molecule has 23 heavy (non-hydrogen) atoms. The van der Waals surface area contributed by atoms with Crippen molar-refractivity contribution in [3.05, 3.63) is 48.0 Å². The molecule has 0 radical (unpaired) electrons. The summed E-state index contributed by atoms with van der Waals surface area (Å²) in [6.45, 7) is 0.577. The third-order valence-corrected chi connectivity index (χ3v) is 3.64. The maximum Gasteiger partial charge on any atom is 0.271 e. The normalized spacial score (nSPS) is 11.4. The van der Waals surface area contributed by atoms with Crippen LogP contribution in [0, 0.1) is 5.82 Å². The molecule has 0 saturated heterocycles. The molecule has 1 heterocycles. The van der Waals surface area contributed by atoms with E-state index in [0.29, 0.717) is 18.7 Å². The predicted octanol–water partition coefficient (Wildman–Crippen LogP) is 0.680. The molecule has 0 spiro atoms. The first-order chi connectivity index (χ1) is 10.8. The first-order valence-corrected chi connectivity index (χ1v) is 8.79. The number of aromatic nitrogens is 2. The highest BCUT2D eigenvalue weighted by Crippen LogP contribution is 2.08. The van der Waals surface area contributed by atoms with Crippen molar-refractivity contribution in [3.63, 3.8) is 0 Å². The lowest BCUT2D eigenvalue weighted by Gasteiger charge is -2.04. The van der Waals surface area contributed by atoms with Gasteiger partial charge in [-0.15, -0.1) is 0 Å². The largest absolute Gasteiger partial charge is 0.351 e. The number of nitrogens with one attached hydrogen (secondary N) is 2. The van der Waals surface area contributed by atoms with E-state index >= 15 is 0 Å². The Hall–Kier alpha value is -2.26. The highest BCUT2D eigenvalue weighted by atomic mass is 32.2. The Balaban J connectivity index is 1.85. The fourth-order valence-electron chi connectivity index (χ4n) is 1.82. The molecule has 0 saturated carbocycles. The summed E-state index contributed by atoms with van der Waals surface area (Å²) in [4.78, 5) is 11.9. The van der Waals surface area contributed by atoms with Gasteiger partial charge < -0.3 is 5.32 Å². The first kappa shape index (κ1) is 17.1. The molecular formula is C14H17FN4O3S. The van der Waals surface area contributed by atoms with Crippen molar-refractivity contribution in [2.45, 2.75) is 6.42 Å². The van der Waals surface area contributed by atoms with Gasteiger partial charge in [0.15, 0.2) is 5.69 Å². The minimum absolute atomic E-state index is 0.227. The summed E-state index contributed by atoms with van der Waals surface area (Å²) in [6, 6.07) is 7.28. The van der Waals surface area contributed by atoms with Crippen LogP contribution < -0.4 is 10.0 Å². The minimum atomic E-state index is -3.21. The summed E-state index contributed by atoms with van der Waals surface area (Å²) >= 11 is 0. The summed E-state index contributed by atoms with van der Waals surface area (Å²) in [5, 5.41) is 6.77. The van der Waals surface area contributed by atoms with Crippen LogP contribution in [0.3, 0.4) is 0 Å². The van der Waals surface area contributed by atoms with E-state index in [1.165, 1.54) is 16.8 Å². The zero-order valence-electron chi connectivity index (χ0n) is 12.5. The number of amides is 1. The van der Waals surface area contributed by atoms with Crippen LogP contribution >= 0.6 is 0 Å². The fourth-order valence-corrected chi connectivity index (χ4v) is 2.34. The predicted molar refractivity (Wildman–Crippen MR) is 83.3 cm³/mol. The molecule has 1 aromatic carbocycles. The van der Waals surface area contributed by atoms with Crippen LogP contribution in [0.1, 0.15) is 16.9 Å². The summed E-state index contributed by atoms with van der Waals surface area (Å²) in [7, 11) is -3.21. The third-order valence-electron chi connectivity index (χ3n) is 2.92. The molecule has 1 aromatic heterocycles. The SMILES string of the molecule is CS(=O)(=O)NCCCNC(=O)c1ccn(-c2ccc(F)cc2)n1. The van der Waals surface area contributed by atoms with Gasteiger partial charge in [-0.25, -0.2) is 22.2 Å².